The maximum atomic E-state index is 13.1. The first-order chi connectivity index (χ1) is 20.8. The summed E-state index contributed by atoms with van der Waals surface area (Å²) in [5, 5.41) is 5.28. The number of ether oxygens (including phenoxy) is 1. The van der Waals surface area contributed by atoms with E-state index >= 15 is 0 Å². The van der Waals surface area contributed by atoms with E-state index in [1.54, 1.807) is 0 Å². The smallest absolute Gasteiger partial charge is 0.338 e. The molecule has 2 aliphatic rings. The Labute approximate surface area is 251 Å². The van der Waals surface area contributed by atoms with Crippen molar-refractivity contribution < 1.29 is 13.9 Å². The van der Waals surface area contributed by atoms with Crippen molar-refractivity contribution in [3.05, 3.63) is 130 Å². The van der Waals surface area contributed by atoms with E-state index in [2.05, 4.69) is 75.5 Å². The van der Waals surface area contributed by atoms with Crippen molar-refractivity contribution in [2.75, 3.05) is 11.9 Å². The van der Waals surface area contributed by atoms with Gasteiger partial charge in [-0.2, -0.15) is 0 Å². The number of rotatable bonds is 6. The van der Waals surface area contributed by atoms with Crippen molar-refractivity contribution in [2.24, 2.45) is 4.99 Å². The van der Waals surface area contributed by atoms with Crippen molar-refractivity contribution >= 4 is 34.0 Å². The number of nitrogens with zero attached hydrogens (tertiary/aromatic N) is 1. The third kappa shape index (κ3) is 5.42. The third-order valence-electron chi connectivity index (χ3n) is 7.83. The zero-order valence-corrected chi connectivity index (χ0v) is 25.1. The minimum absolute atomic E-state index is 0.301. The van der Waals surface area contributed by atoms with Crippen LogP contribution in [0.2, 0.25) is 0 Å². The number of carbonyl (C=O) groups excluding carboxylic acids is 1. The molecule has 4 aromatic rings. The van der Waals surface area contributed by atoms with Gasteiger partial charge in [0.25, 0.3) is 0 Å². The molecule has 4 aromatic carbocycles. The summed E-state index contributed by atoms with van der Waals surface area (Å²) < 4.78 is 12.1. The number of nitrogens with one attached hydrogen (secondary N) is 1. The molecule has 1 heterocycles. The van der Waals surface area contributed by atoms with E-state index < -0.39 is 0 Å². The largest absolute Gasteiger partial charge is 0.462 e. The van der Waals surface area contributed by atoms with E-state index in [0.29, 0.717) is 23.5 Å². The summed E-state index contributed by atoms with van der Waals surface area (Å²) in [6, 6.07) is 32.2. The van der Waals surface area contributed by atoms with E-state index in [9.17, 15) is 4.79 Å². The van der Waals surface area contributed by atoms with Gasteiger partial charge in [0.15, 0.2) is 0 Å². The van der Waals surface area contributed by atoms with Crippen LogP contribution in [0.1, 0.15) is 39.5 Å². The predicted octanol–water partition coefficient (Wildman–Crippen LogP) is 9.59. The van der Waals surface area contributed by atoms with Crippen molar-refractivity contribution in [3.8, 4) is 22.5 Å². The number of hydrogen-bond acceptors (Lipinski definition) is 5. The van der Waals surface area contributed by atoms with Crippen LogP contribution in [0.3, 0.4) is 0 Å². The first-order valence-corrected chi connectivity index (χ1v) is 14.6. The predicted molar refractivity (Wildman–Crippen MR) is 175 cm³/mol. The molecule has 6 rings (SSSR count). The molecule has 0 saturated carbocycles. The molecule has 5 nitrogen and oxygen atoms in total. The minimum atomic E-state index is -0.352. The Bertz CT molecular complexity index is 2000. The highest BCUT2D eigenvalue weighted by molar-refractivity contribution is 6.08. The second kappa shape index (κ2) is 11.6. The number of carbonyl (C=O) groups is 1. The maximum Gasteiger partial charge on any atom is 0.338 e. The zero-order chi connectivity index (χ0) is 30.1. The lowest BCUT2D eigenvalue weighted by atomic mass is 9.90. The Balaban J connectivity index is 1.61. The Kier molecular flexibility index (Phi) is 7.56. The molecule has 0 aromatic heterocycles. The van der Waals surface area contributed by atoms with Crippen LogP contribution in [0, 0.1) is 27.7 Å². The normalized spacial score (nSPS) is 11.7. The standard InChI is InChI=1S/C38H34N2O3/c1-6-42-38(41)30-16-8-7-15-29(30)35-31-19-17-27(39-36-23(2)11-9-12-24(36)3)21-33(31)43-34-22-28(18-20-32(34)35)40-37-25(4)13-10-14-26(37)5/h7-22,39H,6H2,1-5H3. The van der Waals surface area contributed by atoms with Crippen LogP contribution in [0.4, 0.5) is 17.1 Å². The van der Waals surface area contributed by atoms with Crippen molar-refractivity contribution in [2.45, 2.75) is 34.6 Å². The molecule has 0 saturated heterocycles. The fraction of sp³-hybridized carbons (Fsp3) is 0.158. The first-order valence-electron chi connectivity index (χ1n) is 14.6. The molecule has 0 fully saturated rings. The Hall–Kier alpha value is -5.16. The fourth-order valence-electron chi connectivity index (χ4n) is 5.67. The number of anilines is 2. The van der Waals surface area contributed by atoms with Gasteiger partial charge in [-0.05, 0) is 92.8 Å². The Morgan fingerprint density at radius 3 is 2.19 bits per heavy atom. The van der Waals surface area contributed by atoms with Crippen LogP contribution in [0.5, 0.6) is 0 Å². The third-order valence-corrected chi connectivity index (χ3v) is 7.83. The Morgan fingerprint density at radius 1 is 0.767 bits per heavy atom. The van der Waals surface area contributed by atoms with Crippen LogP contribution in [-0.4, -0.2) is 12.6 Å². The molecule has 214 valence electrons. The lowest BCUT2D eigenvalue weighted by Crippen LogP contribution is -2.08. The quantitative estimate of drug-likeness (QED) is 0.161. The van der Waals surface area contributed by atoms with E-state index in [1.165, 1.54) is 0 Å². The average Bonchev–Trinajstić information content (AvgIpc) is 3.00. The summed E-state index contributed by atoms with van der Waals surface area (Å²) in [7, 11) is 0. The van der Waals surface area contributed by atoms with Crippen molar-refractivity contribution in [3.63, 3.8) is 0 Å². The van der Waals surface area contributed by atoms with Gasteiger partial charge in [0.2, 0.25) is 0 Å². The highest BCUT2D eigenvalue weighted by atomic mass is 16.5. The van der Waals surface area contributed by atoms with Gasteiger partial charge >= 0.3 is 5.97 Å². The van der Waals surface area contributed by atoms with Gasteiger partial charge in [0.1, 0.15) is 11.3 Å². The van der Waals surface area contributed by atoms with Gasteiger partial charge in [0, 0.05) is 40.0 Å². The summed E-state index contributed by atoms with van der Waals surface area (Å²) in [4.78, 5) is 18.1. The summed E-state index contributed by atoms with van der Waals surface area (Å²) in [5.74, 6) is 0.327. The lowest BCUT2D eigenvalue weighted by molar-refractivity contribution is 0.0527. The van der Waals surface area contributed by atoms with E-state index in [-0.39, 0.29) is 5.97 Å². The van der Waals surface area contributed by atoms with Crippen molar-refractivity contribution in [1.82, 2.24) is 0 Å². The van der Waals surface area contributed by atoms with Gasteiger partial charge < -0.3 is 14.5 Å². The second-order valence-electron chi connectivity index (χ2n) is 10.9. The molecule has 1 N–H and O–H groups in total. The van der Waals surface area contributed by atoms with Crippen LogP contribution >= 0.6 is 0 Å². The fourth-order valence-corrected chi connectivity index (χ4v) is 5.67. The molecular weight excluding hydrogens is 532 g/mol. The van der Waals surface area contributed by atoms with Gasteiger partial charge in [0.05, 0.1) is 23.2 Å². The number of fused-ring (bicyclic) bond motifs is 2. The highest BCUT2D eigenvalue weighted by Crippen LogP contribution is 2.42. The molecule has 0 amide bonds. The molecule has 0 spiro atoms. The molecule has 0 atom stereocenters. The number of para-hydroxylation sites is 2. The summed E-state index contributed by atoms with van der Waals surface area (Å²) in [5.41, 5.74) is 11.3. The SMILES string of the molecule is CCOC(=O)c1ccccc1-c1c2ccc(=Nc3c(C)cccc3C)cc-2oc2cc(Nc3c(C)cccc3C)ccc12. The van der Waals surface area contributed by atoms with Gasteiger partial charge in [-0.3, -0.25) is 0 Å². The first kappa shape index (κ1) is 28.0. The highest BCUT2D eigenvalue weighted by Gasteiger charge is 2.22. The molecular formula is C38H34N2O3. The van der Waals surface area contributed by atoms with E-state index in [1.807, 2.05) is 61.5 Å². The van der Waals surface area contributed by atoms with Gasteiger partial charge in [-0.1, -0.05) is 54.6 Å². The molecule has 0 bridgehead atoms. The van der Waals surface area contributed by atoms with E-state index in [0.717, 1.165) is 66.7 Å². The molecule has 5 heteroatoms. The number of benzene rings is 5. The average molecular weight is 567 g/mol. The molecule has 43 heavy (non-hydrogen) atoms. The number of hydrogen-bond donors (Lipinski definition) is 1. The van der Waals surface area contributed by atoms with Crippen LogP contribution < -0.4 is 10.7 Å². The molecule has 1 aliphatic heterocycles. The summed E-state index contributed by atoms with van der Waals surface area (Å²) >= 11 is 0. The van der Waals surface area contributed by atoms with E-state index in [4.69, 9.17) is 14.1 Å². The Morgan fingerprint density at radius 2 is 1.47 bits per heavy atom. The zero-order valence-electron chi connectivity index (χ0n) is 25.1. The monoisotopic (exact) mass is 566 g/mol. The van der Waals surface area contributed by atoms with Gasteiger partial charge in [-0.15, -0.1) is 0 Å². The molecule has 1 aliphatic carbocycles. The topological polar surface area (TPSA) is 63.8 Å². The lowest BCUT2D eigenvalue weighted by Gasteiger charge is -2.19. The molecule has 0 radical (unpaired) electrons. The van der Waals surface area contributed by atoms with Crippen molar-refractivity contribution in [1.29, 1.82) is 0 Å². The summed E-state index contributed by atoms with van der Waals surface area (Å²) in [6.07, 6.45) is 0. The number of aryl methyl sites for hydroxylation is 4. The minimum Gasteiger partial charge on any atom is -0.462 e. The maximum absolute atomic E-state index is 13.1. The summed E-state index contributed by atoms with van der Waals surface area (Å²) in [6.45, 7) is 10.5. The van der Waals surface area contributed by atoms with Crippen LogP contribution in [-0.2, 0) is 4.74 Å². The second-order valence-corrected chi connectivity index (χ2v) is 10.9. The number of esters is 1. The van der Waals surface area contributed by atoms with Crippen LogP contribution in [0.25, 0.3) is 33.4 Å². The van der Waals surface area contributed by atoms with Crippen LogP contribution in [0.15, 0.2) is 106 Å². The van der Waals surface area contributed by atoms with Gasteiger partial charge in [-0.25, -0.2) is 9.79 Å². The molecule has 0 unspecified atom stereocenters.